The van der Waals surface area contributed by atoms with E-state index in [-0.39, 0.29) is 31.2 Å². The second-order valence-electron chi connectivity index (χ2n) is 10.2. The first-order chi connectivity index (χ1) is 19.7. The van der Waals surface area contributed by atoms with E-state index < -0.39 is 23.6 Å². The number of aromatic amines is 1. The molecule has 0 amide bonds. The van der Waals surface area contributed by atoms with E-state index in [0.29, 0.717) is 41.0 Å². The van der Waals surface area contributed by atoms with Crippen molar-refractivity contribution in [2.24, 2.45) is 5.41 Å². The summed E-state index contributed by atoms with van der Waals surface area (Å²) in [4.78, 5) is 34.1. The molecule has 3 aromatic heterocycles. The molecule has 1 atom stereocenters. The first kappa shape index (κ1) is 28.1. The highest BCUT2D eigenvalue weighted by Gasteiger charge is 2.42. The monoisotopic (exact) mass is 559 g/mol. The minimum absolute atomic E-state index is 0.00426. The van der Waals surface area contributed by atoms with Crippen LogP contribution in [0.5, 0.6) is 0 Å². The topological polar surface area (TPSA) is 159 Å². The van der Waals surface area contributed by atoms with Crippen LogP contribution in [0, 0.1) is 16.6 Å². The van der Waals surface area contributed by atoms with Crippen molar-refractivity contribution >= 4 is 17.4 Å². The Kier molecular flexibility index (Phi) is 8.24. The van der Waals surface area contributed by atoms with Gasteiger partial charge in [-0.25, -0.2) is 19.3 Å². The smallest absolute Gasteiger partial charge is 0.223 e. The molecule has 1 saturated heterocycles. The van der Waals surface area contributed by atoms with Crippen LogP contribution in [0.2, 0.25) is 0 Å². The van der Waals surface area contributed by atoms with E-state index in [1.54, 1.807) is 37.5 Å². The number of H-pyrrole nitrogens is 1. The van der Waals surface area contributed by atoms with Crippen LogP contribution in [0.15, 0.2) is 60.9 Å². The number of halogens is 1. The van der Waals surface area contributed by atoms with Crippen LogP contribution >= 0.6 is 0 Å². The number of imidazole rings is 1. The summed E-state index contributed by atoms with van der Waals surface area (Å²) in [5.74, 6) is -0.0863. The van der Waals surface area contributed by atoms with E-state index in [0.717, 1.165) is 5.69 Å². The van der Waals surface area contributed by atoms with Crippen LogP contribution in [-0.4, -0.2) is 60.8 Å². The average Bonchev–Trinajstić information content (AvgIpc) is 3.42. The summed E-state index contributed by atoms with van der Waals surface area (Å²) in [6, 6.07) is 13.3. The van der Waals surface area contributed by atoms with Crippen molar-refractivity contribution in [3.05, 3.63) is 78.3 Å². The summed E-state index contributed by atoms with van der Waals surface area (Å²) in [5, 5.41) is 20.8. The third-order valence-electron chi connectivity index (χ3n) is 6.56. The zero-order valence-corrected chi connectivity index (χ0v) is 22.6. The van der Waals surface area contributed by atoms with Crippen LogP contribution < -0.4 is 5.32 Å². The number of ketones is 1. The largest absolute Gasteiger partial charge is 0.393 e. The number of aliphatic hydroxyl groups is 1. The molecule has 5 rings (SSSR count). The lowest BCUT2D eigenvalue weighted by Crippen LogP contribution is -2.46. The molecular formula is C29H30FN7O4. The fourth-order valence-electron chi connectivity index (χ4n) is 4.41. The van der Waals surface area contributed by atoms with Gasteiger partial charge in [0.25, 0.3) is 0 Å². The molecule has 0 bridgehead atoms. The molecule has 1 aromatic carbocycles. The molecule has 212 valence electrons. The van der Waals surface area contributed by atoms with E-state index >= 15 is 0 Å². The maximum absolute atomic E-state index is 13.7. The Balaban J connectivity index is 1.40. The molecule has 1 aliphatic rings. The van der Waals surface area contributed by atoms with Crippen LogP contribution in [0.25, 0.3) is 22.6 Å². The van der Waals surface area contributed by atoms with Crippen LogP contribution in [-0.2, 0) is 20.8 Å². The van der Waals surface area contributed by atoms with Crippen molar-refractivity contribution in [3.63, 3.8) is 0 Å². The number of aliphatic hydroxyl groups excluding tert-OH is 1. The molecule has 12 heteroatoms. The molecule has 0 spiro atoms. The first-order valence-corrected chi connectivity index (χ1v) is 13.1. The van der Waals surface area contributed by atoms with Gasteiger partial charge in [-0.3, -0.25) is 9.78 Å². The number of aromatic nitrogens is 5. The van der Waals surface area contributed by atoms with Gasteiger partial charge in [-0.2, -0.15) is 0 Å². The van der Waals surface area contributed by atoms with Crippen LogP contribution in [0.3, 0.4) is 0 Å². The van der Waals surface area contributed by atoms with Gasteiger partial charge >= 0.3 is 0 Å². The zero-order valence-electron chi connectivity index (χ0n) is 22.6. The lowest BCUT2D eigenvalue weighted by molar-refractivity contribution is -0.228. The second kappa shape index (κ2) is 12.0. The number of carbonyl (C=O) groups excluding carboxylic acids is 1. The van der Waals surface area contributed by atoms with E-state index in [9.17, 15) is 14.3 Å². The van der Waals surface area contributed by atoms with Gasteiger partial charge in [-0.05, 0) is 56.3 Å². The number of hydrogen-bond acceptors (Lipinski definition) is 10. The minimum Gasteiger partial charge on any atom is -0.393 e. The summed E-state index contributed by atoms with van der Waals surface area (Å²) in [7, 11) is 0. The van der Waals surface area contributed by atoms with Gasteiger partial charge in [-0.1, -0.05) is 6.07 Å². The van der Waals surface area contributed by atoms with Gasteiger partial charge in [0.2, 0.25) is 12.2 Å². The maximum atomic E-state index is 13.7. The molecule has 1 fully saturated rings. The molecular weight excluding hydrogens is 529 g/mol. The summed E-state index contributed by atoms with van der Waals surface area (Å²) in [5.41, 5.74) is 1.81. The molecule has 0 radical (unpaired) electrons. The van der Waals surface area contributed by atoms with Gasteiger partial charge in [-0.15, -0.1) is 0 Å². The number of rotatable bonds is 10. The van der Waals surface area contributed by atoms with Crippen molar-refractivity contribution in [2.75, 3.05) is 18.5 Å². The number of nitrogens with zero attached hydrogens (tertiary/aromatic N) is 4. The normalized spacial score (nSPS) is 19.5. The Morgan fingerprint density at radius 2 is 1.90 bits per heavy atom. The highest BCUT2D eigenvalue weighted by molar-refractivity contribution is 6.40. The van der Waals surface area contributed by atoms with E-state index in [1.165, 1.54) is 19.1 Å². The number of anilines is 1. The predicted octanol–water partition coefficient (Wildman–Crippen LogP) is 4.09. The highest BCUT2D eigenvalue weighted by atomic mass is 19.1. The highest BCUT2D eigenvalue weighted by Crippen LogP contribution is 2.36. The molecule has 1 unspecified atom stereocenters. The number of Topliss-reactive ketones (excluding diaryl/α,β-unsaturated/α-hetero) is 1. The summed E-state index contributed by atoms with van der Waals surface area (Å²) in [6.07, 6.45) is 1.57. The third kappa shape index (κ3) is 6.51. The standard InChI is InChI=1S/C29H30FN7O4/c1-17(38)13-21(31)25(39)29(2)15-40-27(41-16-29)26-36-23(18-6-8-19(30)9-7-18)24(37-26)22-10-12-33-28(35-22)34-14-20-5-3-4-11-32-20/h3-12,17,27,31,38H,13-16H2,1-2H3,(H,36,37)(H,33,34,35). The van der Waals surface area contributed by atoms with E-state index in [4.69, 9.17) is 19.9 Å². The maximum Gasteiger partial charge on any atom is 0.223 e. The van der Waals surface area contributed by atoms with Crippen molar-refractivity contribution in [3.8, 4) is 22.6 Å². The molecule has 4 aromatic rings. The molecule has 1 aliphatic heterocycles. The zero-order chi connectivity index (χ0) is 29.0. The molecule has 4 N–H and O–H groups in total. The van der Waals surface area contributed by atoms with Crippen molar-refractivity contribution in [1.82, 2.24) is 24.9 Å². The van der Waals surface area contributed by atoms with Crippen LogP contribution in [0.1, 0.15) is 38.1 Å². The number of ether oxygens (including phenoxy) is 2. The molecule has 4 heterocycles. The van der Waals surface area contributed by atoms with Crippen molar-refractivity contribution in [2.45, 2.75) is 39.2 Å². The van der Waals surface area contributed by atoms with Gasteiger partial charge in [0.05, 0.1) is 59.8 Å². The Labute approximate surface area is 235 Å². The number of benzene rings is 1. The predicted molar refractivity (Wildman–Crippen MR) is 148 cm³/mol. The van der Waals surface area contributed by atoms with Gasteiger partial charge in [0.15, 0.2) is 11.6 Å². The number of nitrogens with one attached hydrogen (secondary N) is 3. The van der Waals surface area contributed by atoms with Gasteiger partial charge < -0.3 is 30.3 Å². The summed E-state index contributed by atoms with van der Waals surface area (Å²) < 4.78 is 25.5. The quantitative estimate of drug-likeness (QED) is 0.210. The van der Waals surface area contributed by atoms with Crippen molar-refractivity contribution in [1.29, 1.82) is 5.41 Å². The van der Waals surface area contributed by atoms with E-state index in [1.807, 2.05) is 18.2 Å². The average molecular weight is 560 g/mol. The lowest BCUT2D eigenvalue weighted by Gasteiger charge is -2.35. The fourth-order valence-corrected chi connectivity index (χ4v) is 4.41. The Hall–Kier alpha value is -4.39. The number of carbonyl (C=O) groups is 1. The lowest BCUT2D eigenvalue weighted by atomic mass is 9.83. The van der Waals surface area contributed by atoms with Crippen molar-refractivity contribution < 1.29 is 23.8 Å². The second-order valence-corrected chi connectivity index (χ2v) is 10.2. The SMILES string of the molecule is CC(O)CC(=N)C(=O)C1(C)COC(c2nc(-c3ccc(F)cc3)c(-c3ccnc(NCc4ccccn4)n3)[nH]2)OC1. The third-order valence-corrected chi connectivity index (χ3v) is 6.56. The fraction of sp³-hybridized carbons (Fsp3) is 0.310. The minimum atomic E-state index is -1.07. The Morgan fingerprint density at radius 1 is 1.15 bits per heavy atom. The van der Waals surface area contributed by atoms with Crippen LogP contribution in [0.4, 0.5) is 10.3 Å². The molecule has 0 saturated carbocycles. The summed E-state index contributed by atoms with van der Waals surface area (Å²) >= 11 is 0. The first-order valence-electron chi connectivity index (χ1n) is 13.1. The molecule has 0 aliphatic carbocycles. The van der Waals surface area contributed by atoms with E-state index in [2.05, 4.69) is 25.3 Å². The van der Waals surface area contributed by atoms with Gasteiger partial charge in [0.1, 0.15) is 5.82 Å². The Bertz CT molecular complexity index is 1520. The van der Waals surface area contributed by atoms with Gasteiger partial charge in [0, 0.05) is 24.4 Å². The number of pyridine rings is 1. The number of hydrogen-bond donors (Lipinski definition) is 4. The molecule has 11 nitrogen and oxygen atoms in total. The summed E-state index contributed by atoms with van der Waals surface area (Å²) in [6.45, 7) is 3.61. The molecule has 41 heavy (non-hydrogen) atoms. The Morgan fingerprint density at radius 3 is 2.59 bits per heavy atom.